The molecule has 1 aliphatic heterocycles. The summed E-state index contributed by atoms with van der Waals surface area (Å²) in [5.74, 6) is 4.18. The lowest BCUT2D eigenvalue weighted by molar-refractivity contribution is -0.164. The number of nitrogens with zero attached hydrogens (tertiary/aromatic N) is 1. The van der Waals surface area contributed by atoms with E-state index in [2.05, 4.69) is 32.7 Å². The van der Waals surface area contributed by atoms with Crippen LogP contribution in [0.25, 0.3) is 0 Å². The maximum Gasteiger partial charge on any atom is 0.222 e. The number of ether oxygens (including phenoxy) is 1. The summed E-state index contributed by atoms with van der Waals surface area (Å²) < 4.78 is 6.46. The van der Waals surface area contributed by atoms with E-state index in [0.29, 0.717) is 29.4 Å². The first-order valence-electron chi connectivity index (χ1n) is 12.0. The topological polar surface area (TPSA) is 55.6 Å². The van der Waals surface area contributed by atoms with Crippen LogP contribution in [0.1, 0.15) is 65.7 Å². The number of benzene rings is 1. The Labute approximate surface area is 181 Å². The van der Waals surface area contributed by atoms with E-state index >= 15 is 0 Å². The van der Waals surface area contributed by atoms with Gasteiger partial charge in [0.2, 0.25) is 5.91 Å². The molecule has 1 saturated heterocycles. The zero-order chi connectivity index (χ0) is 21.3. The molecule has 8 atom stereocenters. The van der Waals surface area contributed by atoms with Gasteiger partial charge in [-0.1, -0.05) is 20.8 Å². The molecule has 4 fully saturated rings. The molecule has 1 amide bonds. The van der Waals surface area contributed by atoms with Gasteiger partial charge in [0.25, 0.3) is 0 Å². The van der Waals surface area contributed by atoms with Crippen molar-refractivity contribution >= 4 is 11.6 Å². The number of rotatable bonds is 2. The number of hydrogen-bond donors (Lipinski definition) is 1. The summed E-state index contributed by atoms with van der Waals surface area (Å²) in [5.41, 5.74) is 7.29. The van der Waals surface area contributed by atoms with Crippen LogP contribution in [-0.2, 0) is 4.79 Å². The van der Waals surface area contributed by atoms with Crippen molar-refractivity contribution in [1.82, 2.24) is 4.90 Å². The third-order valence-corrected chi connectivity index (χ3v) is 9.84. The van der Waals surface area contributed by atoms with Gasteiger partial charge in [0, 0.05) is 25.2 Å². The Morgan fingerprint density at radius 2 is 1.83 bits per heavy atom. The van der Waals surface area contributed by atoms with Crippen molar-refractivity contribution in [3.63, 3.8) is 0 Å². The summed E-state index contributed by atoms with van der Waals surface area (Å²) in [5, 5.41) is 0. The van der Waals surface area contributed by atoms with Gasteiger partial charge < -0.3 is 15.4 Å². The van der Waals surface area contributed by atoms with Crippen molar-refractivity contribution in [2.24, 2.45) is 34.5 Å². The molecule has 2 N–H and O–H groups in total. The average Bonchev–Trinajstić information content (AvgIpc) is 3.04. The maximum absolute atomic E-state index is 12.4. The van der Waals surface area contributed by atoms with Gasteiger partial charge in [-0.3, -0.25) is 4.79 Å². The van der Waals surface area contributed by atoms with Crippen molar-refractivity contribution in [2.75, 3.05) is 12.8 Å². The Hall–Kier alpha value is -1.71. The Bertz CT molecular complexity index is 823. The van der Waals surface area contributed by atoms with E-state index in [1.165, 1.54) is 19.3 Å². The summed E-state index contributed by atoms with van der Waals surface area (Å²) in [7, 11) is 2.05. The van der Waals surface area contributed by atoms with Gasteiger partial charge in [-0.25, -0.2) is 0 Å². The number of anilines is 1. The second-order valence-electron chi connectivity index (χ2n) is 11.5. The van der Waals surface area contributed by atoms with E-state index < -0.39 is 0 Å². The van der Waals surface area contributed by atoms with Crippen molar-refractivity contribution in [1.29, 1.82) is 0 Å². The first kappa shape index (κ1) is 20.2. The number of hydrogen-bond acceptors (Lipinski definition) is 3. The van der Waals surface area contributed by atoms with Crippen LogP contribution in [0.15, 0.2) is 24.3 Å². The number of carbonyl (C=O) groups excluding carboxylic acids is 1. The van der Waals surface area contributed by atoms with Crippen molar-refractivity contribution < 1.29 is 9.53 Å². The molecule has 3 aliphatic carbocycles. The summed E-state index contributed by atoms with van der Waals surface area (Å²) in [6.07, 6.45) is 8.21. The van der Waals surface area contributed by atoms with Crippen LogP contribution in [0, 0.1) is 34.5 Å². The Morgan fingerprint density at radius 1 is 1.10 bits per heavy atom. The zero-order valence-corrected chi connectivity index (χ0v) is 19.1. The molecular weight excluding hydrogens is 372 g/mol. The van der Waals surface area contributed by atoms with Crippen LogP contribution >= 0.6 is 0 Å². The molecule has 3 saturated carbocycles. The molecule has 0 aromatic heterocycles. The summed E-state index contributed by atoms with van der Waals surface area (Å²) in [6.45, 7) is 7.49. The number of piperidine rings is 1. The molecule has 164 valence electrons. The first-order chi connectivity index (χ1) is 14.2. The van der Waals surface area contributed by atoms with Crippen molar-refractivity contribution in [2.45, 2.75) is 77.9 Å². The second kappa shape index (κ2) is 6.90. The molecule has 4 nitrogen and oxygen atoms in total. The molecule has 0 bridgehead atoms. The average molecular weight is 411 g/mol. The van der Waals surface area contributed by atoms with Crippen LogP contribution in [0.4, 0.5) is 5.69 Å². The van der Waals surface area contributed by atoms with E-state index in [-0.39, 0.29) is 5.41 Å². The van der Waals surface area contributed by atoms with Gasteiger partial charge in [-0.05, 0) is 97.3 Å². The SMILES string of the molecule is CC1CC2N(C)C(=O)CC[C@]2(C)C2CC[C@]3(C)C[C@@H](Oc4ccc(N)cc4)CC3C12. The molecule has 5 unspecified atom stereocenters. The minimum absolute atomic E-state index is 0.275. The van der Waals surface area contributed by atoms with Gasteiger partial charge in [-0.2, -0.15) is 0 Å². The fourth-order valence-corrected chi connectivity index (χ4v) is 8.29. The number of carbonyl (C=O) groups is 1. The molecule has 5 rings (SSSR count). The van der Waals surface area contributed by atoms with Crippen LogP contribution in [0.3, 0.4) is 0 Å². The van der Waals surface area contributed by atoms with Crippen LogP contribution in [-0.4, -0.2) is 30.0 Å². The fourth-order valence-electron chi connectivity index (χ4n) is 8.29. The van der Waals surface area contributed by atoms with E-state index in [4.69, 9.17) is 10.5 Å². The highest BCUT2D eigenvalue weighted by Crippen LogP contribution is 2.66. The predicted octanol–water partition coefficient (Wildman–Crippen LogP) is 5.13. The predicted molar refractivity (Wildman–Crippen MR) is 120 cm³/mol. The third kappa shape index (κ3) is 2.97. The van der Waals surface area contributed by atoms with E-state index in [0.717, 1.165) is 54.9 Å². The quantitative estimate of drug-likeness (QED) is 0.688. The Kier molecular flexibility index (Phi) is 4.65. The Morgan fingerprint density at radius 3 is 2.57 bits per heavy atom. The second-order valence-corrected chi connectivity index (χ2v) is 11.5. The van der Waals surface area contributed by atoms with Gasteiger partial charge in [0.05, 0.1) is 6.10 Å². The van der Waals surface area contributed by atoms with Crippen molar-refractivity contribution in [3.8, 4) is 5.75 Å². The summed E-state index contributed by atoms with van der Waals surface area (Å²) in [4.78, 5) is 14.5. The highest BCUT2D eigenvalue weighted by atomic mass is 16.5. The van der Waals surface area contributed by atoms with Crippen LogP contribution in [0.2, 0.25) is 0 Å². The first-order valence-corrected chi connectivity index (χ1v) is 12.0. The lowest BCUT2D eigenvalue weighted by Crippen LogP contribution is -2.62. The third-order valence-electron chi connectivity index (χ3n) is 9.84. The van der Waals surface area contributed by atoms with Gasteiger partial charge in [-0.15, -0.1) is 0 Å². The number of nitrogens with two attached hydrogens (primary N) is 1. The van der Waals surface area contributed by atoms with E-state index in [9.17, 15) is 4.79 Å². The van der Waals surface area contributed by atoms with Gasteiger partial charge >= 0.3 is 0 Å². The summed E-state index contributed by atoms with van der Waals surface area (Å²) >= 11 is 0. The highest BCUT2D eigenvalue weighted by Gasteiger charge is 2.62. The number of nitrogen functional groups attached to an aromatic ring is 1. The number of likely N-dealkylation sites (tertiary alicyclic amines) is 1. The maximum atomic E-state index is 12.4. The number of amides is 1. The molecular formula is C26H38N2O2. The molecule has 0 spiro atoms. The minimum atomic E-state index is 0.275. The van der Waals surface area contributed by atoms with Gasteiger partial charge in [0.15, 0.2) is 0 Å². The smallest absolute Gasteiger partial charge is 0.222 e. The van der Waals surface area contributed by atoms with Crippen LogP contribution < -0.4 is 10.5 Å². The molecule has 4 heteroatoms. The molecule has 0 radical (unpaired) electrons. The largest absolute Gasteiger partial charge is 0.490 e. The van der Waals surface area contributed by atoms with Crippen molar-refractivity contribution in [3.05, 3.63) is 24.3 Å². The fraction of sp³-hybridized carbons (Fsp3) is 0.731. The molecule has 30 heavy (non-hydrogen) atoms. The normalized spacial score (nSPS) is 45.5. The minimum Gasteiger partial charge on any atom is -0.490 e. The lowest BCUT2D eigenvalue weighted by atomic mass is 9.45. The monoisotopic (exact) mass is 410 g/mol. The molecule has 4 aliphatic rings. The van der Waals surface area contributed by atoms with E-state index in [1.54, 1.807) is 0 Å². The lowest BCUT2D eigenvalue weighted by Gasteiger charge is -2.63. The summed E-state index contributed by atoms with van der Waals surface area (Å²) in [6, 6.07) is 8.29. The zero-order valence-electron chi connectivity index (χ0n) is 19.1. The van der Waals surface area contributed by atoms with Gasteiger partial charge in [0.1, 0.15) is 5.75 Å². The molecule has 1 heterocycles. The Balaban J connectivity index is 1.39. The molecule has 1 aromatic rings. The highest BCUT2D eigenvalue weighted by molar-refractivity contribution is 5.77. The number of fused-ring (bicyclic) bond motifs is 5. The van der Waals surface area contributed by atoms with E-state index in [1.807, 2.05) is 24.3 Å². The standard InChI is InChI=1S/C26H38N2O2/c1-16-13-22-26(3,12-10-23(29)28(22)4)20-9-11-25(2)15-19(14-21(25)24(16)20)30-18-7-5-17(27)6-8-18/h5-8,16,19-22,24H,9-15,27H2,1-4H3/t16?,19-,20?,21?,22?,24?,25+,26+/m0/s1. The molecule has 1 aromatic carbocycles. The van der Waals surface area contributed by atoms with Crippen LogP contribution in [0.5, 0.6) is 5.75 Å².